The SMILES string of the molecule is FC(F)(F)c1ccc(Oc2ccc(-c3noc(C(F)(F)F)n3)cc2)c(Cl)c1. The lowest BCUT2D eigenvalue weighted by Gasteiger charge is -2.11. The first kappa shape index (κ1) is 19.0. The summed E-state index contributed by atoms with van der Waals surface area (Å²) in [7, 11) is 0. The highest BCUT2D eigenvalue weighted by molar-refractivity contribution is 6.32. The second-order valence-electron chi connectivity index (χ2n) is 5.19. The molecule has 0 fully saturated rings. The van der Waals surface area contributed by atoms with E-state index in [0.717, 1.165) is 18.2 Å². The molecular weight excluding hydrogens is 402 g/mol. The highest BCUT2D eigenvalue weighted by Crippen LogP contribution is 2.36. The molecule has 142 valence electrons. The van der Waals surface area contributed by atoms with Gasteiger partial charge in [-0.25, -0.2) is 0 Å². The van der Waals surface area contributed by atoms with Crippen molar-refractivity contribution in [1.29, 1.82) is 0 Å². The van der Waals surface area contributed by atoms with E-state index >= 15 is 0 Å². The first-order valence-electron chi connectivity index (χ1n) is 7.10. The van der Waals surface area contributed by atoms with Crippen molar-refractivity contribution in [2.45, 2.75) is 12.4 Å². The van der Waals surface area contributed by atoms with Crippen LogP contribution < -0.4 is 4.74 Å². The minimum Gasteiger partial charge on any atom is -0.456 e. The molecule has 3 rings (SSSR count). The van der Waals surface area contributed by atoms with Crippen LogP contribution in [0.1, 0.15) is 11.5 Å². The van der Waals surface area contributed by atoms with E-state index in [9.17, 15) is 26.3 Å². The third kappa shape index (κ3) is 4.33. The highest BCUT2D eigenvalue weighted by atomic mass is 35.5. The summed E-state index contributed by atoms with van der Waals surface area (Å²) < 4.78 is 84.8. The minimum absolute atomic E-state index is 0.0173. The lowest BCUT2D eigenvalue weighted by atomic mass is 10.2. The molecular formula is C16H7ClF6N2O2. The molecule has 0 saturated heterocycles. The van der Waals surface area contributed by atoms with Gasteiger partial charge in [0.15, 0.2) is 0 Å². The molecule has 4 nitrogen and oxygen atoms in total. The fraction of sp³-hybridized carbons (Fsp3) is 0.125. The molecule has 1 aromatic heterocycles. The Hall–Kier alpha value is -2.75. The summed E-state index contributed by atoms with van der Waals surface area (Å²) >= 11 is 5.79. The number of aromatic nitrogens is 2. The molecule has 0 N–H and O–H groups in total. The summed E-state index contributed by atoms with van der Waals surface area (Å²) in [6.45, 7) is 0. The lowest BCUT2D eigenvalue weighted by molar-refractivity contribution is -0.159. The van der Waals surface area contributed by atoms with Gasteiger partial charge in [0.25, 0.3) is 0 Å². The van der Waals surface area contributed by atoms with E-state index in [1.165, 1.54) is 24.3 Å². The summed E-state index contributed by atoms with van der Waals surface area (Å²) in [5.74, 6) is -1.58. The maximum absolute atomic E-state index is 12.6. The second-order valence-corrected chi connectivity index (χ2v) is 5.60. The zero-order chi connectivity index (χ0) is 19.8. The van der Waals surface area contributed by atoms with Crippen LogP contribution in [0.3, 0.4) is 0 Å². The standard InChI is InChI=1S/C16H7ClF6N2O2/c17-11-7-9(15(18,19)20)3-6-12(11)26-10-4-1-8(2-5-10)13-24-14(27-25-13)16(21,22)23/h1-7H. The van der Waals surface area contributed by atoms with E-state index in [-0.39, 0.29) is 27.9 Å². The van der Waals surface area contributed by atoms with E-state index in [4.69, 9.17) is 16.3 Å². The first-order chi connectivity index (χ1) is 12.5. The molecule has 0 atom stereocenters. The average Bonchev–Trinajstić information content (AvgIpc) is 3.07. The van der Waals surface area contributed by atoms with Gasteiger partial charge in [-0.2, -0.15) is 31.3 Å². The average molecular weight is 409 g/mol. The molecule has 0 aliphatic carbocycles. The molecule has 0 spiro atoms. The van der Waals surface area contributed by atoms with Gasteiger partial charge in [0.2, 0.25) is 5.82 Å². The summed E-state index contributed by atoms with van der Waals surface area (Å²) in [5.41, 5.74) is -0.701. The molecule has 11 heteroatoms. The van der Waals surface area contributed by atoms with Crippen LogP contribution in [-0.2, 0) is 12.4 Å². The number of hydrogen-bond acceptors (Lipinski definition) is 4. The van der Waals surface area contributed by atoms with Crippen molar-refractivity contribution in [1.82, 2.24) is 10.1 Å². The molecule has 2 aromatic carbocycles. The molecule has 0 aliphatic heterocycles. The smallest absolute Gasteiger partial charge is 0.456 e. The van der Waals surface area contributed by atoms with E-state index in [0.29, 0.717) is 0 Å². The van der Waals surface area contributed by atoms with Crippen molar-refractivity contribution < 1.29 is 35.6 Å². The predicted octanol–water partition coefficient (Wildman–Crippen LogP) is 6.22. The Balaban J connectivity index is 1.77. The zero-order valence-corrected chi connectivity index (χ0v) is 13.7. The van der Waals surface area contributed by atoms with Crippen LogP contribution >= 0.6 is 11.6 Å². The van der Waals surface area contributed by atoms with Gasteiger partial charge in [0.05, 0.1) is 10.6 Å². The molecule has 0 unspecified atom stereocenters. The van der Waals surface area contributed by atoms with Crippen LogP contribution in [0.4, 0.5) is 26.3 Å². The molecule has 0 bridgehead atoms. The van der Waals surface area contributed by atoms with Crippen LogP contribution in [0, 0.1) is 0 Å². The molecule has 3 aromatic rings. The van der Waals surface area contributed by atoms with Crippen LogP contribution in [0.2, 0.25) is 5.02 Å². The summed E-state index contributed by atoms with van der Waals surface area (Å²) in [6.07, 6.45) is -9.29. The molecule has 27 heavy (non-hydrogen) atoms. The van der Waals surface area contributed by atoms with Crippen molar-refractivity contribution in [3.8, 4) is 22.9 Å². The second kappa shape index (κ2) is 6.76. The van der Waals surface area contributed by atoms with Gasteiger partial charge in [0.1, 0.15) is 11.5 Å². The fourth-order valence-electron chi connectivity index (χ4n) is 2.01. The number of alkyl halides is 6. The van der Waals surface area contributed by atoms with Crippen molar-refractivity contribution >= 4 is 11.6 Å². The molecule has 0 amide bonds. The number of hydrogen-bond donors (Lipinski definition) is 0. The van der Waals surface area contributed by atoms with Crippen molar-refractivity contribution in [2.24, 2.45) is 0 Å². The molecule has 0 aliphatic rings. The van der Waals surface area contributed by atoms with Crippen molar-refractivity contribution in [2.75, 3.05) is 0 Å². The largest absolute Gasteiger partial charge is 0.471 e. The molecule has 0 saturated carbocycles. The summed E-state index contributed by atoms with van der Waals surface area (Å²) in [5, 5.41) is 2.99. The van der Waals surface area contributed by atoms with Gasteiger partial charge >= 0.3 is 18.2 Å². The highest BCUT2D eigenvalue weighted by Gasteiger charge is 2.38. The van der Waals surface area contributed by atoms with Gasteiger partial charge in [-0.15, -0.1) is 0 Å². The Morgan fingerprint density at radius 3 is 2.07 bits per heavy atom. The number of benzene rings is 2. The number of nitrogens with zero attached hydrogens (tertiary/aromatic N) is 2. The van der Waals surface area contributed by atoms with Crippen LogP contribution in [0.15, 0.2) is 47.0 Å². The van der Waals surface area contributed by atoms with E-state index < -0.39 is 23.8 Å². The Labute approximate surface area is 152 Å². The Bertz CT molecular complexity index is 951. The minimum atomic E-state index is -4.76. The van der Waals surface area contributed by atoms with Crippen LogP contribution in [0.25, 0.3) is 11.4 Å². The normalized spacial score (nSPS) is 12.3. The number of ether oxygens (including phenoxy) is 1. The Morgan fingerprint density at radius 1 is 0.889 bits per heavy atom. The van der Waals surface area contributed by atoms with Gasteiger partial charge in [-0.3, -0.25) is 0 Å². The quantitative estimate of drug-likeness (QED) is 0.483. The number of rotatable bonds is 3. The zero-order valence-electron chi connectivity index (χ0n) is 12.9. The predicted molar refractivity (Wildman–Crippen MR) is 81.3 cm³/mol. The maximum atomic E-state index is 12.6. The first-order valence-corrected chi connectivity index (χ1v) is 7.48. The van der Waals surface area contributed by atoms with Gasteiger partial charge < -0.3 is 9.26 Å². The Morgan fingerprint density at radius 2 is 1.56 bits per heavy atom. The maximum Gasteiger partial charge on any atom is 0.471 e. The van der Waals surface area contributed by atoms with E-state index in [1.54, 1.807) is 0 Å². The summed E-state index contributed by atoms with van der Waals surface area (Å²) in [6, 6.07) is 8.06. The van der Waals surface area contributed by atoms with E-state index in [1.807, 2.05) is 0 Å². The fourth-order valence-corrected chi connectivity index (χ4v) is 2.23. The molecule has 1 heterocycles. The van der Waals surface area contributed by atoms with Gasteiger partial charge in [-0.05, 0) is 42.5 Å². The van der Waals surface area contributed by atoms with Crippen LogP contribution in [-0.4, -0.2) is 10.1 Å². The third-order valence-electron chi connectivity index (χ3n) is 3.27. The number of halogens is 7. The Kier molecular flexibility index (Phi) is 4.77. The van der Waals surface area contributed by atoms with Crippen molar-refractivity contribution in [3.63, 3.8) is 0 Å². The van der Waals surface area contributed by atoms with Gasteiger partial charge in [-0.1, -0.05) is 16.8 Å². The topological polar surface area (TPSA) is 48.2 Å². The summed E-state index contributed by atoms with van der Waals surface area (Å²) in [4.78, 5) is 3.24. The van der Waals surface area contributed by atoms with Crippen molar-refractivity contribution in [3.05, 3.63) is 58.9 Å². The third-order valence-corrected chi connectivity index (χ3v) is 3.56. The van der Waals surface area contributed by atoms with Gasteiger partial charge in [0, 0.05) is 5.56 Å². The molecule has 0 radical (unpaired) electrons. The van der Waals surface area contributed by atoms with E-state index in [2.05, 4.69) is 14.7 Å². The lowest BCUT2D eigenvalue weighted by Crippen LogP contribution is -2.04. The van der Waals surface area contributed by atoms with Crippen LogP contribution in [0.5, 0.6) is 11.5 Å². The monoisotopic (exact) mass is 408 g/mol.